The Balaban J connectivity index is 1.83. The number of esters is 1. The second-order valence-electron chi connectivity index (χ2n) is 8.32. The Hall–Kier alpha value is -2.73. The third-order valence-electron chi connectivity index (χ3n) is 4.55. The predicted octanol–water partition coefficient (Wildman–Crippen LogP) is 4.25. The molecule has 1 N–H and O–H groups in total. The molecule has 0 aliphatic carbocycles. The summed E-state index contributed by atoms with van der Waals surface area (Å²) in [5, 5.41) is 3.66. The molecule has 152 valence electrons. The molecule has 3 rings (SSSR count). The van der Waals surface area contributed by atoms with Crippen molar-refractivity contribution in [2.45, 2.75) is 45.1 Å². The number of benzene rings is 2. The normalized spacial score (nSPS) is 13.7. The first-order valence-corrected chi connectivity index (χ1v) is 10.4. The van der Waals surface area contributed by atoms with Gasteiger partial charge in [-0.2, -0.15) is 0 Å². The molecule has 2 aromatic carbocycles. The van der Waals surface area contributed by atoms with Crippen LogP contribution < -0.4 is 5.32 Å². The summed E-state index contributed by atoms with van der Waals surface area (Å²) >= 11 is 1.57. The van der Waals surface area contributed by atoms with Gasteiger partial charge in [0.15, 0.2) is 6.61 Å². The van der Waals surface area contributed by atoms with Crippen LogP contribution in [0.15, 0.2) is 54.6 Å². The zero-order valence-corrected chi connectivity index (χ0v) is 18.0. The van der Waals surface area contributed by atoms with Crippen LogP contribution in [0.4, 0.5) is 0 Å². The number of nitrogens with zero attached hydrogens (tertiary/aromatic N) is 1. The molecule has 0 spiro atoms. The van der Waals surface area contributed by atoms with Crippen LogP contribution in [-0.2, 0) is 26.2 Å². The van der Waals surface area contributed by atoms with Crippen molar-refractivity contribution in [3.05, 3.63) is 65.2 Å². The molecule has 1 amide bonds. The molecule has 0 aliphatic rings. The largest absolute Gasteiger partial charge is 0.455 e. The highest BCUT2D eigenvalue weighted by Crippen LogP contribution is 2.33. The molecule has 1 aromatic heterocycles. The number of hydrogen-bond donors (Lipinski definition) is 1. The zero-order valence-electron chi connectivity index (χ0n) is 17.2. The van der Waals surface area contributed by atoms with Crippen molar-refractivity contribution >= 4 is 33.4 Å². The summed E-state index contributed by atoms with van der Waals surface area (Å²) in [6.45, 7) is 7.19. The number of carbonyl (C=O) groups is 2. The summed E-state index contributed by atoms with van der Waals surface area (Å²) in [5.74, 6) is -0.756. The Kier molecular flexibility index (Phi) is 6.03. The lowest BCUT2D eigenvalue weighted by molar-refractivity contribution is -0.154. The average molecular weight is 411 g/mol. The molecule has 0 aliphatic heterocycles. The summed E-state index contributed by atoms with van der Waals surface area (Å²) in [7, 11) is 0. The molecular formula is C23H26N2O3S. The number of hydrogen-bond acceptors (Lipinski definition) is 5. The number of aromatic nitrogens is 1. The van der Waals surface area contributed by atoms with E-state index in [1.54, 1.807) is 11.3 Å². The van der Waals surface area contributed by atoms with Crippen molar-refractivity contribution in [2.24, 2.45) is 0 Å². The molecule has 0 bridgehead atoms. The topological polar surface area (TPSA) is 68.3 Å². The predicted molar refractivity (Wildman–Crippen MR) is 116 cm³/mol. The highest BCUT2D eigenvalue weighted by atomic mass is 32.1. The maximum absolute atomic E-state index is 13.1. The lowest BCUT2D eigenvalue weighted by Crippen LogP contribution is -2.44. The molecule has 0 unspecified atom stereocenters. The SMILES string of the molecule is CC(C)(C)NC(=O)COC(=O)[C@](C)(Cc1nc2ccccc2s1)c1ccccc1. The van der Waals surface area contributed by atoms with Gasteiger partial charge in [-0.25, -0.2) is 4.98 Å². The zero-order chi connectivity index (χ0) is 21.1. The van der Waals surface area contributed by atoms with Crippen LogP contribution in [0.3, 0.4) is 0 Å². The number of carbonyl (C=O) groups excluding carboxylic acids is 2. The van der Waals surface area contributed by atoms with Crippen LogP contribution in [0.5, 0.6) is 0 Å². The molecule has 0 saturated heterocycles. The maximum Gasteiger partial charge on any atom is 0.317 e. The van der Waals surface area contributed by atoms with Crippen molar-refractivity contribution in [2.75, 3.05) is 6.61 Å². The first-order chi connectivity index (χ1) is 13.7. The lowest BCUT2D eigenvalue weighted by atomic mass is 9.79. The molecule has 0 fully saturated rings. The smallest absolute Gasteiger partial charge is 0.317 e. The van der Waals surface area contributed by atoms with Gasteiger partial charge in [0.05, 0.1) is 20.6 Å². The van der Waals surface area contributed by atoms with E-state index in [0.717, 1.165) is 20.8 Å². The van der Waals surface area contributed by atoms with Crippen molar-refractivity contribution in [3.8, 4) is 0 Å². The Morgan fingerprint density at radius 2 is 1.66 bits per heavy atom. The van der Waals surface area contributed by atoms with Gasteiger partial charge >= 0.3 is 5.97 Å². The summed E-state index contributed by atoms with van der Waals surface area (Å²) in [6, 6.07) is 17.4. The minimum Gasteiger partial charge on any atom is -0.455 e. The van der Waals surface area contributed by atoms with E-state index in [-0.39, 0.29) is 18.1 Å². The number of nitrogens with one attached hydrogen (secondary N) is 1. The van der Waals surface area contributed by atoms with Gasteiger partial charge in [0, 0.05) is 12.0 Å². The van der Waals surface area contributed by atoms with Crippen LogP contribution in [0.1, 0.15) is 38.3 Å². The molecule has 0 radical (unpaired) electrons. The number of fused-ring (bicyclic) bond motifs is 1. The first-order valence-electron chi connectivity index (χ1n) is 9.56. The summed E-state index contributed by atoms with van der Waals surface area (Å²) < 4.78 is 6.52. The quantitative estimate of drug-likeness (QED) is 0.617. The van der Waals surface area contributed by atoms with Crippen molar-refractivity contribution in [1.82, 2.24) is 10.3 Å². The van der Waals surface area contributed by atoms with Crippen molar-refractivity contribution in [3.63, 3.8) is 0 Å². The van der Waals surface area contributed by atoms with Gasteiger partial charge in [-0.3, -0.25) is 9.59 Å². The van der Waals surface area contributed by atoms with E-state index < -0.39 is 11.4 Å². The van der Waals surface area contributed by atoms with E-state index in [1.165, 1.54) is 0 Å². The average Bonchev–Trinajstić information content (AvgIpc) is 3.07. The first kappa shape index (κ1) is 21.0. The second kappa shape index (κ2) is 8.33. The number of ether oxygens (including phenoxy) is 1. The summed E-state index contributed by atoms with van der Waals surface area (Å²) in [4.78, 5) is 29.9. The Morgan fingerprint density at radius 1 is 1.00 bits per heavy atom. The summed E-state index contributed by atoms with van der Waals surface area (Å²) in [5.41, 5.74) is 0.422. The van der Waals surface area contributed by atoms with Crippen LogP contribution in [-0.4, -0.2) is 29.0 Å². The van der Waals surface area contributed by atoms with Crippen LogP contribution in [0.25, 0.3) is 10.2 Å². The fourth-order valence-corrected chi connectivity index (χ4v) is 4.26. The Labute approximate surface area is 175 Å². The number of para-hydroxylation sites is 1. The molecule has 1 atom stereocenters. The number of thiazole rings is 1. The van der Waals surface area contributed by atoms with E-state index >= 15 is 0 Å². The summed E-state index contributed by atoms with van der Waals surface area (Å²) in [6.07, 6.45) is 0.399. The lowest BCUT2D eigenvalue weighted by Gasteiger charge is -2.27. The van der Waals surface area contributed by atoms with E-state index in [4.69, 9.17) is 4.74 Å². The number of amides is 1. The van der Waals surface area contributed by atoms with Gasteiger partial charge < -0.3 is 10.1 Å². The molecular weight excluding hydrogens is 384 g/mol. The molecule has 1 heterocycles. The van der Waals surface area contributed by atoms with Crippen molar-refractivity contribution < 1.29 is 14.3 Å². The van der Waals surface area contributed by atoms with E-state index in [9.17, 15) is 9.59 Å². The van der Waals surface area contributed by atoms with Gasteiger partial charge in [-0.15, -0.1) is 11.3 Å². The molecule has 0 saturated carbocycles. The highest BCUT2D eigenvalue weighted by Gasteiger charge is 2.38. The monoisotopic (exact) mass is 410 g/mol. The fourth-order valence-electron chi connectivity index (χ4n) is 3.14. The van der Waals surface area contributed by atoms with E-state index in [2.05, 4.69) is 10.3 Å². The minimum atomic E-state index is -0.947. The van der Waals surface area contributed by atoms with Gasteiger partial charge in [0.2, 0.25) is 0 Å². The van der Waals surface area contributed by atoms with Gasteiger partial charge in [-0.05, 0) is 45.4 Å². The van der Waals surface area contributed by atoms with E-state index in [1.807, 2.05) is 82.3 Å². The van der Waals surface area contributed by atoms with Crippen LogP contribution >= 0.6 is 11.3 Å². The standard InChI is InChI=1S/C23H26N2O3S/c1-22(2,3)25-19(26)15-28-21(27)23(4,16-10-6-5-7-11-16)14-20-24-17-12-8-9-13-18(17)29-20/h5-13H,14-15H2,1-4H3,(H,25,26)/t23-/m1/s1. The molecule has 5 nitrogen and oxygen atoms in total. The highest BCUT2D eigenvalue weighted by molar-refractivity contribution is 7.18. The van der Waals surface area contributed by atoms with Gasteiger partial charge in [-0.1, -0.05) is 42.5 Å². The Morgan fingerprint density at radius 3 is 2.31 bits per heavy atom. The Bertz CT molecular complexity index is 975. The second-order valence-corrected chi connectivity index (χ2v) is 9.44. The van der Waals surface area contributed by atoms with Crippen LogP contribution in [0.2, 0.25) is 0 Å². The maximum atomic E-state index is 13.1. The fraction of sp³-hybridized carbons (Fsp3) is 0.348. The third-order valence-corrected chi connectivity index (χ3v) is 5.59. The molecule has 6 heteroatoms. The minimum absolute atomic E-state index is 0.307. The van der Waals surface area contributed by atoms with E-state index in [0.29, 0.717) is 6.42 Å². The van der Waals surface area contributed by atoms with Gasteiger partial charge in [0.25, 0.3) is 5.91 Å². The molecule has 3 aromatic rings. The third kappa shape index (κ3) is 5.21. The number of rotatable bonds is 6. The van der Waals surface area contributed by atoms with Gasteiger partial charge in [0.1, 0.15) is 0 Å². The van der Waals surface area contributed by atoms with Crippen molar-refractivity contribution in [1.29, 1.82) is 0 Å². The molecule has 29 heavy (non-hydrogen) atoms. The van der Waals surface area contributed by atoms with Crippen LogP contribution in [0, 0.1) is 0 Å².